The fourth-order valence-corrected chi connectivity index (χ4v) is 4.65. The average Bonchev–Trinajstić information content (AvgIpc) is 3.41. The summed E-state index contributed by atoms with van der Waals surface area (Å²) in [6.07, 6.45) is 8.10. The number of nitrogens with one attached hydrogen (secondary N) is 1. The molecule has 3 aromatic heterocycles. The highest BCUT2D eigenvalue weighted by atomic mass is 16.5. The van der Waals surface area contributed by atoms with E-state index in [1.807, 2.05) is 50.6 Å². The molecular formula is C27H29N7O2. The van der Waals surface area contributed by atoms with Gasteiger partial charge in [0.25, 0.3) is 5.91 Å². The molecule has 0 bridgehead atoms. The van der Waals surface area contributed by atoms with Gasteiger partial charge in [-0.2, -0.15) is 0 Å². The van der Waals surface area contributed by atoms with E-state index in [0.717, 1.165) is 47.1 Å². The highest BCUT2D eigenvalue weighted by molar-refractivity contribution is 6.05. The molecule has 0 saturated heterocycles. The second-order valence-electron chi connectivity index (χ2n) is 9.12. The van der Waals surface area contributed by atoms with Crippen molar-refractivity contribution in [2.45, 2.75) is 32.3 Å². The maximum atomic E-state index is 12.0. The number of carbonyl (C=O) groups excluding carboxylic acids is 1. The Morgan fingerprint density at radius 1 is 1.19 bits per heavy atom. The number of allylic oxidation sites excluding steroid dienone is 1. The number of rotatable bonds is 6. The van der Waals surface area contributed by atoms with Crippen LogP contribution in [0.1, 0.15) is 31.7 Å². The SMILES string of the molecule is C=C(C)C(=O)Nc1ccc(-c2c(C3=CCC(Oc4ccn(C)n4)CC3)c3c(N)ncnc3n2C)cc1. The number of aryl methyl sites for hydroxylation is 2. The number of fused-ring (bicyclic) bond motifs is 1. The van der Waals surface area contributed by atoms with Crippen LogP contribution in [0.25, 0.3) is 27.9 Å². The molecule has 1 aromatic carbocycles. The Kier molecular flexibility index (Phi) is 6.05. The van der Waals surface area contributed by atoms with Gasteiger partial charge < -0.3 is 20.4 Å². The average molecular weight is 484 g/mol. The van der Waals surface area contributed by atoms with Crippen molar-refractivity contribution in [2.24, 2.45) is 14.1 Å². The first-order valence-electron chi connectivity index (χ1n) is 11.8. The van der Waals surface area contributed by atoms with Gasteiger partial charge in [0.1, 0.15) is 23.9 Å². The number of nitrogen functional groups attached to an aromatic ring is 1. The molecule has 184 valence electrons. The van der Waals surface area contributed by atoms with Gasteiger partial charge in [-0.15, -0.1) is 5.10 Å². The predicted molar refractivity (Wildman–Crippen MR) is 141 cm³/mol. The van der Waals surface area contributed by atoms with Crippen LogP contribution in [0.4, 0.5) is 11.5 Å². The fraction of sp³-hybridized carbons (Fsp3) is 0.259. The van der Waals surface area contributed by atoms with E-state index in [1.54, 1.807) is 11.6 Å². The molecule has 3 heterocycles. The number of nitrogens with two attached hydrogens (primary N) is 1. The van der Waals surface area contributed by atoms with Crippen LogP contribution in [-0.2, 0) is 18.9 Å². The van der Waals surface area contributed by atoms with E-state index in [-0.39, 0.29) is 12.0 Å². The summed E-state index contributed by atoms with van der Waals surface area (Å²) in [6.45, 7) is 5.38. The highest BCUT2D eigenvalue weighted by Crippen LogP contribution is 2.42. The second-order valence-corrected chi connectivity index (χ2v) is 9.12. The zero-order valence-electron chi connectivity index (χ0n) is 20.7. The summed E-state index contributed by atoms with van der Waals surface area (Å²) in [5.41, 5.74) is 12.6. The molecule has 9 heteroatoms. The lowest BCUT2D eigenvalue weighted by atomic mass is 9.89. The first-order valence-corrected chi connectivity index (χ1v) is 11.8. The maximum Gasteiger partial charge on any atom is 0.250 e. The summed E-state index contributed by atoms with van der Waals surface area (Å²) < 4.78 is 9.87. The van der Waals surface area contributed by atoms with Crippen molar-refractivity contribution in [3.05, 3.63) is 66.6 Å². The van der Waals surface area contributed by atoms with Crippen molar-refractivity contribution in [1.29, 1.82) is 0 Å². The number of nitrogens with zero attached hydrogens (tertiary/aromatic N) is 5. The molecule has 9 nitrogen and oxygen atoms in total. The topological polar surface area (TPSA) is 113 Å². The van der Waals surface area contributed by atoms with E-state index in [2.05, 4.69) is 37.6 Å². The number of amides is 1. The number of ether oxygens (including phenoxy) is 1. The van der Waals surface area contributed by atoms with Crippen molar-refractivity contribution in [3.8, 4) is 17.1 Å². The minimum absolute atomic E-state index is 0.0619. The molecule has 3 N–H and O–H groups in total. The number of anilines is 2. The van der Waals surface area contributed by atoms with Crippen LogP contribution in [0.3, 0.4) is 0 Å². The summed E-state index contributed by atoms with van der Waals surface area (Å²) in [7, 11) is 3.86. The molecular weight excluding hydrogens is 454 g/mol. The molecule has 1 aliphatic carbocycles. The number of benzene rings is 1. The smallest absolute Gasteiger partial charge is 0.250 e. The van der Waals surface area contributed by atoms with Crippen molar-refractivity contribution in [3.63, 3.8) is 0 Å². The van der Waals surface area contributed by atoms with Gasteiger partial charge >= 0.3 is 0 Å². The second kappa shape index (κ2) is 9.33. The van der Waals surface area contributed by atoms with Gasteiger partial charge in [0, 0.05) is 49.6 Å². The summed E-state index contributed by atoms with van der Waals surface area (Å²) in [6, 6.07) is 9.64. The van der Waals surface area contributed by atoms with E-state index >= 15 is 0 Å². The lowest BCUT2D eigenvalue weighted by molar-refractivity contribution is -0.112. The molecule has 1 unspecified atom stereocenters. The van der Waals surface area contributed by atoms with E-state index in [9.17, 15) is 4.79 Å². The Bertz CT molecular complexity index is 1490. The highest BCUT2D eigenvalue weighted by Gasteiger charge is 2.26. The van der Waals surface area contributed by atoms with Crippen LogP contribution >= 0.6 is 0 Å². The molecule has 0 radical (unpaired) electrons. The Morgan fingerprint density at radius 2 is 1.97 bits per heavy atom. The lowest BCUT2D eigenvalue weighted by Gasteiger charge is -2.23. The lowest BCUT2D eigenvalue weighted by Crippen LogP contribution is -2.19. The zero-order chi connectivity index (χ0) is 25.4. The number of aromatic nitrogens is 5. The van der Waals surface area contributed by atoms with Crippen LogP contribution in [0.15, 0.2) is 61.1 Å². The maximum absolute atomic E-state index is 12.0. The number of hydrogen-bond donors (Lipinski definition) is 2. The Hall–Kier alpha value is -4.40. The van der Waals surface area contributed by atoms with Crippen LogP contribution in [0.5, 0.6) is 5.88 Å². The third-order valence-corrected chi connectivity index (χ3v) is 6.46. The van der Waals surface area contributed by atoms with Gasteiger partial charge in [-0.05, 0) is 43.0 Å². The van der Waals surface area contributed by atoms with Gasteiger partial charge in [-0.25, -0.2) is 9.97 Å². The molecule has 0 aliphatic heterocycles. The van der Waals surface area contributed by atoms with E-state index in [0.29, 0.717) is 23.0 Å². The number of carbonyl (C=O) groups is 1. The van der Waals surface area contributed by atoms with Crippen molar-refractivity contribution in [1.82, 2.24) is 24.3 Å². The molecule has 1 amide bonds. The van der Waals surface area contributed by atoms with Gasteiger partial charge in [-0.1, -0.05) is 24.8 Å². The fourth-order valence-electron chi connectivity index (χ4n) is 4.65. The molecule has 4 aromatic rings. The zero-order valence-corrected chi connectivity index (χ0v) is 20.7. The van der Waals surface area contributed by atoms with Gasteiger partial charge in [0.05, 0.1) is 11.1 Å². The summed E-state index contributed by atoms with van der Waals surface area (Å²) in [5, 5.41) is 8.04. The van der Waals surface area contributed by atoms with E-state index in [1.165, 1.54) is 11.9 Å². The summed E-state index contributed by atoms with van der Waals surface area (Å²) in [5.74, 6) is 0.891. The Labute approximate surface area is 209 Å². The third-order valence-electron chi connectivity index (χ3n) is 6.46. The normalized spacial score (nSPS) is 15.5. The quantitative estimate of drug-likeness (QED) is 0.391. The first-order chi connectivity index (χ1) is 17.3. The van der Waals surface area contributed by atoms with Crippen LogP contribution in [0, 0.1) is 0 Å². The molecule has 36 heavy (non-hydrogen) atoms. The summed E-state index contributed by atoms with van der Waals surface area (Å²) >= 11 is 0. The summed E-state index contributed by atoms with van der Waals surface area (Å²) in [4.78, 5) is 20.8. The molecule has 5 rings (SSSR count). The minimum atomic E-state index is -0.203. The molecule has 0 saturated carbocycles. The molecule has 1 atom stereocenters. The molecule has 0 fully saturated rings. The van der Waals surface area contributed by atoms with Crippen LogP contribution in [0.2, 0.25) is 0 Å². The van der Waals surface area contributed by atoms with E-state index < -0.39 is 0 Å². The van der Waals surface area contributed by atoms with E-state index in [4.69, 9.17) is 10.5 Å². The van der Waals surface area contributed by atoms with Crippen LogP contribution in [-0.4, -0.2) is 36.3 Å². The standard InChI is InChI=1S/C27H29N7O2/c1-16(2)27(35)31-19-9-5-18(6-10-19)24-22(23-25(28)29-15-30-26(23)34(24)4)17-7-11-20(12-8-17)36-21-13-14-33(3)32-21/h5-7,9-10,13-15,20H,1,8,11-12H2,2-4H3,(H,31,35)(H2,28,29,30). The monoisotopic (exact) mass is 483 g/mol. The Balaban J connectivity index is 1.52. The third kappa shape index (κ3) is 4.35. The minimum Gasteiger partial charge on any atom is -0.473 e. The van der Waals surface area contributed by atoms with Gasteiger partial charge in [0.2, 0.25) is 5.88 Å². The molecule has 0 spiro atoms. The number of hydrogen-bond acceptors (Lipinski definition) is 6. The first kappa shape index (κ1) is 23.3. The largest absolute Gasteiger partial charge is 0.473 e. The predicted octanol–water partition coefficient (Wildman–Crippen LogP) is 4.48. The van der Waals surface area contributed by atoms with Crippen LogP contribution < -0.4 is 15.8 Å². The van der Waals surface area contributed by atoms with Crippen molar-refractivity contribution < 1.29 is 9.53 Å². The van der Waals surface area contributed by atoms with Gasteiger partial charge in [0.15, 0.2) is 0 Å². The van der Waals surface area contributed by atoms with Gasteiger partial charge in [-0.3, -0.25) is 9.48 Å². The Morgan fingerprint density at radius 3 is 2.61 bits per heavy atom. The molecule has 1 aliphatic rings. The van der Waals surface area contributed by atoms with Crippen molar-refractivity contribution >= 4 is 34.0 Å². The van der Waals surface area contributed by atoms with Crippen molar-refractivity contribution in [2.75, 3.05) is 11.1 Å².